The molecule has 0 spiro atoms. The van der Waals surface area contributed by atoms with Crippen molar-refractivity contribution in [1.82, 2.24) is 9.21 Å². The molecule has 33 heavy (non-hydrogen) atoms. The molecular weight excluding hydrogens is 472 g/mol. The Morgan fingerprint density at radius 3 is 2.39 bits per heavy atom. The molecule has 2 aromatic rings. The second kappa shape index (κ2) is 9.00. The molecular formula is C21H21ClN4O6S. The monoisotopic (exact) mass is 492 g/mol. The van der Waals surface area contributed by atoms with Crippen LogP contribution in [-0.2, 0) is 19.6 Å². The minimum atomic E-state index is -3.94. The molecule has 2 N–H and O–H groups in total. The average molecular weight is 493 g/mol. The fraction of sp³-hybridized carbons (Fsp3) is 0.286. The summed E-state index contributed by atoms with van der Waals surface area (Å²) in [5.74, 6) is -0.548. The average Bonchev–Trinajstić information content (AvgIpc) is 2.78. The van der Waals surface area contributed by atoms with Gasteiger partial charge in [0.2, 0.25) is 15.9 Å². The molecule has 2 aromatic carbocycles. The number of rotatable bonds is 4. The van der Waals surface area contributed by atoms with E-state index in [4.69, 9.17) is 16.3 Å². The van der Waals surface area contributed by atoms with Crippen LogP contribution in [0.25, 0.3) is 0 Å². The number of ether oxygens (including phenoxy) is 1. The van der Waals surface area contributed by atoms with E-state index >= 15 is 0 Å². The molecule has 0 unspecified atom stereocenters. The van der Waals surface area contributed by atoms with Gasteiger partial charge in [-0.15, -0.1) is 0 Å². The van der Waals surface area contributed by atoms with E-state index in [2.05, 4.69) is 10.6 Å². The fourth-order valence-electron chi connectivity index (χ4n) is 3.63. The van der Waals surface area contributed by atoms with Crippen LogP contribution in [0.3, 0.4) is 0 Å². The van der Waals surface area contributed by atoms with Crippen molar-refractivity contribution in [2.24, 2.45) is 0 Å². The highest BCUT2D eigenvalue weighted by Gasteiger charge is 2.33. The number of anilines is 2. The van der Waals surface area contributed by atoms with Crippen LogP contribution in [0.1, 0.15) is 17.3 Å². The van der Waals surface area contributed by atoms with Crippen LogP contribution < -0.4 is 15.4 Å². The normalized spacial score (nSPS) is 16.4. The molecule has 2 heterocycles. The van der Waals surface area contributed by atoms with Gasteiger partial charge in [0, 0.05) is 50.4 Å². The molecule has 174 valence electrons. The molecule has 0 bridgehead atoms. The first-order valence-electron chi connectivity index (χ1n) is 10.1. The second-order valence-corrected chi connectivity index (χ2v) is 9.88. The van der Waals surface area contributed by atoms with Crippen molar-refractivity contribution in [3.05, 3.63) is 47.0 Å². The molecule has 1 saturated heterocycles. The maximum Gasteiger partial charge on any atom is 0.262 e. The van der Waals surface area contributed by atoms with Crippen molar-refractivity contribution < 1.29 is 27.5 Å². The highest BCUT2D eigenvalue weighted by Crippen LogP contribution is 2.37. The van der Waals surface area contributed by atoms with Gasteiger partial charge in [-0.3, -0.25) is 14.4 Å². The lowest BCUT2D eigenvalue weighted by molar-refractivity contribution is -0.118. The summed E-state index contributed by atoms with van der Waals surface area (Å²) in [6.07, 6.45) is 0. The van der Waals surface area contributed by atoms with Crippen molar-refractivity contribution in [2.45, 2.75) is 11.8 Å². The van der Waals surface area contributed by atoms with Crippen molar-refractivity contribution >= 4 is 50.7 Å². The van der Waals surface area contributed by atoms with Gasteiger partial charge in [0.25, 0.3) is 11.8 Å². The molecule has 2 aliphatic rings. The topological polar surface area (TPSA) is 125 Å². The van der Waals surface area contributed by atoms with E-state index in [0.29, 0.717) is 16.9 Å². The van der Waals surface area contributed by atoms with Crippen LogP contribution in [0.4, 0.5) is 11.4 Å². The number of benzene rings is 2. The number of sulfonamides is 1. The fourth-order valence-corrected chi connectivity index (χ4v) is 5.57. The predicted molar refractivity (Wildman–Crippen MR) is 121 cm³/mol. The second-order valence-electron chi connectivity index (χ2n) is 7.57. The summed E-state index contributed by atoms with van der Waals surface area (Å²) in [4.78, 5) is 36.8. The molecule has 0 aromatic heterocycles. The molecule has 1 fully saturated rings. The summed E-state index contributed by atoms with van der Waals surface area (Å²) in [7, 11) is -3.94. The number of nitrogens with zero attached hydrogens (tertiary/aromatic N) is 2. The van der Waals surface area contributed by atoms with Crippen LogP contribution in [0.5, 0.6) is 5.75 Å². The smallest absolute Gasteiger partial charge is 0.262 e. The maximum atomic E-state index is 13.2. The summed E-state index contributed by atoms with van der Waals surface area (Å²) < 4.78 is 33.0. The first-order valence-corrected chi connectivity index (χ1v) is 11.9. The van der Waals surface area contributed by atoms with Gasteiger partial charge in [-0.2, -0.15) is 4.31 Å². The van der Waals surface area contributed by atoms with Gasteiger partial charge in [0.15, 0.2) is 6.61 Å². The van der Waals surface area contributed by atoms with Gasteiger partial charge in [0.05, 0.1) is 10.7 Å². The van der Waals surface area contributed by atoms with E-state index in [1.165, 1.54) is 23.4 Å². The van der Waals surface area contributed by atoms with E-state index < -0.39 is 10.0 Å². The van der Waals surface area contributed by atoms with Crippen molar-refractivity contribution in [3.63, 3.8) is 0 Å². The molecule has 0 aliphatic carbocycles. The molecule has 0 radical (unpaired) electrons. The standard InChI is InChI=1S/C21H21ClN4O6S/c1-13(27)23-15-4-2-14(3-5-15)21(29)25-6-8-26(9-7-25)33(30,31)19-11-18-17(10-16(19)22)24-20(28)12-32-18/h2-5,10-11H,6-9,12H2,1H3,(H,23,27)(H,24,28). The first-order chi connectivity index (χ1) is 15.6. The number of hydrogen-bond acceptors (Lipinski definition) is 6. The Morgan fingerprint density at radius 2 is 1.76 bits per heavy atom. The minimum Gasteiger partial charge on any atom is -0.482 e. The van der Waals surface area contributed by atoms with E-state index in [1.807, 2.05) is 0 Å². The summed E-state index contributed by atoms with van der Waals surface area (Å²) >= 11 is 6.21. The number of hydrogen-bond donors (Lipinski definition) is 2. The largest absolute Gasteiger partial charge is 0.482 e. The number of piperazine rings is 1. The first kappa shape index (κ1) is 23.0. The number of carbonyl (C=O) groups excluding carboxylic acids is 3. The third-order valence-corrected chi connectivity index (χ3v) is 7.63. The minimum absolute atomic E-state index is 0.0303. The predicted octanol–water partition coefficient (Wildman–Crippen LogP) is 1.78. The van der Waals surface area contributed by atoms with Gasteiger partial charge in [0.1, 0.15) is 10.6 Å². The van der Waals surface area contributed by atoms with Gasteiger partial charge in [-0.1, -0.05) is 11.6 Å². The zero-order valence-electron chi connectivity index (χ0n) is 17.6. The summed E-state index contributed by atoms with van der Waals surface area (Å²) in [5.41, 5.74) is 1.34. The van der Waals surface area contributed by atoms with E-state index in [1.54, 1.807) is 29.2 Å². The number of halogens is 1. The van der Waals surface area contributed by atoms with Crippen LogP contribution >= 0.6 is 11.6 Å². The molecule has 0 saturated carbocycles. The lowest BCUT2D eigenvalue weighted by Gasteiger charge is -2.34. The Morgan fingerprint density at radius 1 is 1.09 bits per heavy atom. The molecule has 2 aliphatic heterocycles. The van der Waals surface area contributed by atoms with Gasteiger partial charge < -0.3 is 20.3 Å². The van der Waals surface area contributed by atoms with Crippen LogP contribution in [0.2, 0.25) is 5.02 Å². The Kier molecular flexibility index (Phi) is 6.28. The number of amides is 3. The zero-order valence-corrected chi connectivity index (χ0v) is 19.2. The van der Waals surface area contributed by atoms with Crippen LogP contribution in [-0.4, -0.2) is 68.1 Å². The lowest BCUT2D eigenvalue weighted by Crippen LogP contribution is -2.50. The number of nitrogens with one attached hydrogen (secondary N) is 2. The number of carbonyl (C=O) groups is 3. The van der Waals surface area contributed by atoms with Crippen LogP contribution in [0.15, 0.2) is 41.3 Å². The summed E-state index contributed by atoms with van der Waals surface area (Å²) in [6.45, 7) is 1.81. The highest BCUT2D eigenvalue weighted by atomic mass is 35.5. The Labute approximate surface area is 195 Å². The summed E-state index contributed by atoms with van der Waals surface area (Å²) in [5, 5.41) is 5.19. The Balaban J connectivity index is 1.44. The summed E-state index contributed by atoms with van der Waals surface area (Å²) in [6, 6.07) is 9.16. The van der Waals surface area contributed by atoms with E-state index in [9.17, 15) is 22.8 Å². The maximum absolute atomic E-state index is 13.2. The van der Waals surface area contributed by atoms with Crippen LogP contribution in [0, 0.1) is 0 Å². The molecule has 4 rings (SSSR count). The van der Waals surface area contributed by atoms with Gasteiger partial charge in [-0.25, -0.2) is 8.42 Å². The van der Waals surface area contributed by atoms with Crippen molar-refractivity contribution in [1.29, 1.82) is 0 Å². The lowest BCUT2D eigenvalue weighted by atomic mass is 10.1. The SMILES string of the molecule is CC(=O)Nc1ccc(C(=O)N2CCN(S(=O)(=O)c3cc4c(cc3Cl)NC(=O)CO4)CC2)cc1. The molecule has 3 amide bonds. The Bertz CT molecular complexity index is 1220. The van der Waals surface area contributed by atoms with Crippen molar-refractivity contribution in [3.8, 4) is 5.75 Å². The third kappa shape index (κ3) is 4.80. The van der Waals surface area contributed by atoms with Crippen molar-refractivity contribution in [2.75, 3.05) is 43.4 Å². The van der Waals surface area contributed by atoms with E-state index in [-0.39, 0.29) is 66.2 Å². The molecule has 10 nitrogen and oxygen atoms in total. The highest BCUT2D eigenvalue weighted by molar-refractivity contribution is 7.89. The Hall–Kier alpha value is -3.15. The third-order valence-electron chi connectivity index (χ3n) is 5.26. The van der Waals surface area contributed by atoms with E-state index in [0.717, 1.165) is 0 Å². The molecule has 12 heteroatoms. The van der Waals surface area contributed by atoms with Gasteiger partial charge in [-0.05, 0) is 30.3 Å². The number of fused-ring (bicyclic) bond motifs is 1. The zero-order chi connectivity index (χ0) is 23.8. The quantitative estimate of drug-likeness (QED) is 0.670. The van der Waals surface area contributed by atoms with Gasteiger partial charge >= 0.3 is 0 Å². The molecule has 0 atom stereocenters.